The van der Waals surface area contributed by atoms with Gasteiger partial charge in [0.15, 0.2) is 5.96 Å². The molecular weight excluding hydrogens is 344 g/mol. The van der Waals surface area contributed by atoms with Gasteiger partial charge in [-0.15, -0.1) is 11.3 Å². The minimum Gasteiger partial charge on any atom is -0.356 e. The van der Waals surface area contributed by atoms with E-state index in [0.717, 1.165) is 35.3 Å². The molecule has 0 aliphatic heterocycles. The molecule has 2 aromatic heterocycles. The molecule has 0 amide bonds. The van der Waals surface area contributed by atoms with E-state index in [-0.39, 0.29) is 0 Å². The highest BCUT2D eigenvalue weighted by Gasteiger charge is 2.05. The summed E-state index contributed by atoms with van der Waals surface area (Å²) in [6.45, 7) is 5.61. The van der Waals surface area contributed by atoms with Gasteiger partial charge in [0.2, 0.25) is 0 Å². The maximum Gasteiger partial charge on any atom is 0.191 e. The number of nitrogens with one attached hydrogen (secondary N) is 2. The maximum atomic E-state index is 4.54. The van der Waals surface area contributed by atoms with Crippen molar-refractivity contribution >= 4 is 17.3 Å². The highest BCUT2D eigenvalue weighted by Crippen LogP contribution is 2.15. The van der Waals surface area contributed by atoms with Gasteiger partial charge >= 0.3 is 0 Å². The van der Waals surface area contributed by atoms with E-state index in [1.165, 1.54) is 10.4 Å². The fourth-order valence-corrected chi connectivity index (χ4v) is 3.40. The quantitative estimate of drug-likeness (QED) is 0.519. The molecule has 0 saturated carbocycles. The number of nitrogens with zero attached hydrogens (tertiary/aromatic N) is 4. The predicted octanol–water partition coefficient (Wildman–Crippen LogP) is 2.85. The predicted molar refractivity (Wildman–Crippen MR) is 107 cm³/mol. The molecule has 0 unspecified atom stereocenters. The van der Waals surface area contributed by atoms with Crippen LogP contribution in [0.5, 0.6) is 0 Å². The van der Waals surface area contributed by atoms with Crippen LogP contribution in [-0.4, -0.2) is 34.3 Å². The normalized spacial score (nSPS) is 11.6. The molecule has 0 radical (unpaired) electrons. The van der Waals surface area contributed by atoms with Gasteiger partial charge in [0.1, 0.15) is 5.01 Å². The Morgan fingerprint density at radius 2 is 2.00 bits per heavy atom. The van der Waals surface area contributed by atoms with Crippen molar-refractivity contribution in [1.82, 2.24) is 25.4 Å². The van der Waals surface area contributed by atoms with Crippen LogP contribution in [0.25, 0.3) is 5.69 Å². The molecule has 7 heteroatoms. The van der Waals surface area contributed by atoms with Crippen LogP contribution in [-0.2, 0) is 13.0 Å². The number of thiazole rings is 1. The molecule has 6 nitrogen and oxygen atoms in total. The zero-order valence-electron chi connectivity index (χ0n) is 15.4. The van der Waals surface area contributed by atoms with E-state index in [4.69, 9.17) is 0 Å². The standard InChI is InChI=1S/C19H24N6S/c1-14-15(2)26-18(24-14)12-22-19(20-3)21-10-9-16-11-23-25(13-16)17-7-5-4-6-8-17/h4-8,11,13H,9-10,12H2,1-3H3,(H2,20,21,22). The Kier molecular flexibility index (Phi) is 6.01. The van der Waals surface area contributed by atoms with Crippen molar-refractivity contribution in [2.75, 3.05) is 13.6 Å². The molecule has 3 aromatic rings. The first-order valence-electron chi connectivity index (χ1n) is 8.62. The lowest BCUT2D eigenvalue weighted by Crippen LogP contribution is -2.37. The molecule has 0 aliphatic rings. The third-order valence-corrected chi connectivity index (χ3v) is 5.14. The summed E-state index contributed by atoms with van der Waals surface area (Å²) in [5, 5.41) is 12.1. The minimum atomic E-state index is 0.685. The van der Waals surface area contributed by atoms with E-state index < -0.39 is 0 Å². The van der Waals surface area contributed by atoms with Crippen LogP contribution in [0.15, 0.2) is 47.7 Å². The maximum absolute atomic E-state index is 4.54. The number of aliphatic imine (C=N–C) groups is 1. The zero-order chi connectivity index (χ0) is 18.4. The summed E-state index contributed by atoms with van der Waals surface area (Å²) in [7, 11) is 1.78. The molecule has 26 heavy (non-hydrogen) atoms. The third-order valence-electron chi connectivity index (χ3n) is 4.07. The summed E-state index contributed by atoms with van der Waals surface area (Å²) >= 11 is 1.72. The zero-order valence-corrected chi connectivity index (χ0v) is 16.2. The van der Waals surface area contributed by atoms with Gasteiger partial charge in [-0.25, -0.2) is 9.67 Å². The summed E-state index contributed by atoms with van der Waals surface area (Å²) in [5.74, 6) is 0.783. The van der Waals surface area contributed by atoms with Gasteiger partial charge in [-0.3, -0.25) is 4.99 Å². The Morgan fingerprint density at radius 1 is 1.19 bits per heavy atom. The summed E-state index contributed by atoms with van der Waals surface area (Å²) in [5.41, 5.74) is 3.35. The Hall–Kier alpha value is -2.67. The van der Waals surface area contributed by atoms with Gasteiger partial charge in [-0.1, -0.05) is 18.2 Å². The van der Waals surface area contributed by atoms with E-state index in [1.54, 1.807) is 18.4 Å². The first kappa shape index (κ1) is 18.1. The molecular formula is C19H24N6S. The number of rotatable bonds is 6. The lowest BCUT2D eigenvalue weighted by atomic mass is 10.2. The summed E-state index contributed by atoms with van der Waals surface area (Å²) < 4.78 is 1.90. The minimum absolute atomic E-state index is 0.685. The average molecular weight is 369 g/mol. The van der Waals surface area contributed by atoms with Crippen LogP contribution in [0, 0.1) is 13.8 Å². The number of hydrogen-bond acceptors (Lipinski definition) is 4. The van der Waals surface area contributed by atoms with Gasteiger partial charge in [-0.2, -0.15) is 5.10 Å². The van der Waals surface area contributed by atoms with Crippen molar-refractivity contribution in [3.8, 4) is 5.69 Å². The molecule has 0 atom stereocenters. The van der Waals surface area contributed by atoms with E-state index in [1.807, 2.05) is 48.1 Å². The largest absolute Gasteiger partial charge is 0.356 e. The van der Waals surface area contributed by atoms with Crippen LogP contribution in [0.1, 0.15) is 21.1 Å². The molecule has 0 aliphatic carbocycles. The number of guanidine groups is 1. The molecule has 2 heterocycles. The SMILES string of the molecule is CN=C(NCCc1cnn(-c2ccccc2)c1)NCc1nc(C)c(C)s1. The van der Waals surface area contributed by atoms with Crippen molar-refractivity contribution in [2.24, 2.45) is 4.99 Å². The van der Waals surface area contributed by atoms with Gasteiger partial charge < -0.3 is 10.6 Å². The number of aryl methyl sites for hydroxylation is 2. The number of benzene rings is 1. The topological polar surface area (TPSA) is 67.1 Å². The lowest BCUT2D eigenvalue weighted by molar-refractivity contribution is 0.790. The molecule has 2 N–H and O–H groups in total. The molecule has 0 bridgehead atoms. The Bertz CT molecular complexity index is 846. The highest BCUT2D eigenvalue weighted by atomic mass is 32.1. The van der Waals surface area contributed by atoms with Crippen LogP contribution >= 0.6 is 11.3 Å². The van der Waals surface area contributed by atoms with Crippen LogP contribution in [0.2, 0.25) is 0 Å². The molecule has 3 rings (SSSR count). The smallest absolute Gasteiger partial charge is 0.191 e. The fourth-order valence-electron chi connectivity index (χ4n) is 2.53. The van der Waals surface area contributed by atoms with Crippen molar-refractivity contribution < 1.29 is 0 Å². The van der Waals surface area contributed by atoms with Crippen LogP contribution < -0.4 is 10.6 Å². The second kappa shape index (κ2) is 8.62. The molecule has 0 spiro atoms. The van der Waals surface area contributed by atoms with Crippen LogP contribution in [0.4, 0.5) is 0 Å². The van der Waals surface area contributed by atoms with Gasteiger partial charge in [-0.05, 0) is 38.0 Å². The highest BCUT2D eigenvalue weighted by molar-refractivity contribution is 7.11. The van der Waals surface area contributed by atoms with Gasteiger partial charge in [0.25, 0.3) is 0 Å². The Balaban J connectivity index is 1.46. The summed E-state index contributed by atoms with van der Waals surface area (Å²) in [6.07, 6.45) is 4.85. The van der Waals surface area contributed by atoms with Crippen molar-refractivity contribution in [3.63, 3.8) is 0 Å². The number of hydrogen-bond donors (Lipinski definition) is 2. The molecule has 136 valence electrons. The van der Waals surface area contributed by atoms with Gasteiger partial charge in [0, 0.05) is 24.7 Å². The van der Waals surface area contributed by atoms with E-state index >= 15 is 0 Å². The van der Waals surface area contributed by atoms with Crippen molar-refractivity contribution in [2.45, 2.75) is 26.8 Å². The summed E-state index contributed by atoms with van der Waals surface area (Å²) in [4.78, 5) is 10.1. The third kappa shape index (κ3) is 4.70. The monoisotopic (exact) mass is 368 g/mol. The first-order valence-corrected chi connectivity index (χ1v) is 9.44. The van der Waals surface area contributed by atoms with Gasteiger partial charge in [0.05, 0.1) is 24.1 Å². The van der Waals surface area contributed by atoms with E-state index in [2.05, 4.69) is 38.8 Å². The number of aromatic nitrogens is 3. The fraction of sp³-hybridized carbons (Fsp3) is 0.316. The molecule has 0 saturated heterocycles. The second-order valence-corrected chi connectivity index (χ2v) is 7.27. The Morgan fingerprint density at radius 3 is 2.69 bits per heavy atom. The van der Waals surface area contributed by atoms with Crippen molar-refractivity contribution in [1.29, 1.82) is 0 Å². The van der Waals surface area contributed by atoms with E-state index in [0.29, 0.717) is 6.54 Å². The van der Waals surface area contributed by atoms with E-state index in [9.17, 15) is 0 Å². The molecule has 0 fully saturated rings. The lowest BCUT2D eigenvalue weighted by Gasteiger charge is -2.10. The van der Waals surface area contributed by atoms with Crippen molar-refractivity contribution in [3.05, 3.63) is 63.9 Å². The average Bonchev–Trinajstić information content (AvgIpc) is 3.25. The Labute approximate surface area is 158 Å². The van der Waals surface area contributed by atoms with Crippen LogP contribution in [0.3, 0.4) is 0 Å². The molecule has 1 aromatic carbocycles. The second-order valence-electron chi connectivity index (χ2n) is 5.98. The first-order chi connectivity index (χ1) is 12.7. The summed E-state index contributed by atoms with van der Waals surface area (Å²) in [6, 6.07) is 10.1. The number of para-hydroxylation sites is 1.